The van der Waals surface area contributed by atoms with Gasteiger partial charge in [-0.3, -0.25) is 10.4 Å². The molecule has 0 radical (unpaired) electrons. The van der Waals surface area contributed by atoms with Gasteiger partial charge in [-0.15, -0.1) is 4.41 Å². The predicted molar refractivity (Wildman–Crippen MR) is 148 cm³/mol. The van der Waals surface area contributed by atoms with Crippen molar-refractivity contribution in [1.29, 1.82) is 0 Å². The van der Waals surface area contributed by atoms with Gasteiger partial charge in [-0.25, -0.2) is 8.42 Å². The van der Waals surface area contributed by atoms with Crippen LogP contribution in [0.3, 0.4) is 0 Å². The average Bonchev–Trinajstić information content (AvgIpc) is 2.89. The molecule has 2 aromatic rings. The van der Waals surface area contributed by atoms with Crippen LogP contribution >= 0.6 is 0 Å². The van der Waals surface area contributed by atoms with Crippen molar-refractivity contribution in [3.05, 3.63) is 59.7 Å². The van der Waals surface area contributed by atoms with Crippen LogP contribution in [0.25, 0.3) is 0 Å². The van der Waals surface area contributed by atoms with Gasteiger partial charge in [0.2, 0.25) is 10.0 Å². The Morgan fingerprint density at radius 3 is 1.66 bits per heavy atom. The van der Waals surface area contributed by atoms with Crippen LogP contribution < -0.4 is 15.3 Å². The Morgan fingerprint density at radius 1 is 0.864 bits per heavy atom. The summed E-state index contributed by atoms with van der Waals surface area (Å²) in [6, 6.07) is 6.77. The molecule has 1 unspecified atom stereocenters. The van der Waals surface area contributed by atoms with Gasteiger partial charge in [0.1, 0.15) is 11.5 Å². The topological polar surface area (TPSA) is 169 Å². The molecule has 0 spiro atoms. The molecular formula is C25H33F6N3O8S2. The Kier molecular flexibility index (Phi) is 14.9. The third kappa shape index (κ3) is 13.2. The van der Waals surface area contributed by atoms with Crippen LogP contribution in [-0.2, 0) is 20.1 Å². The lowest BCUT2D eigenvalue weighted by Crippen LogP contribution is -2.47. The Balaban J connectivity index is 0.00000123. The standard InChI is InChI=1S/C22H25F6N3O5S.C3H8O3S/c1-2-14-37(33,34)31(29)20(22(26,27)28)16-6-10-18(11-7-16)36-13-3-12-35-17-8-4-15(5-9-17)19(30-32)21(23,24)25;1-2-3-7(4,5)6/h4-11,20,32H,2-3,12-14,29H2,1H3;2-3H2,1H3,(H,4,5,6). The number of hydrazine groups is 1. The Bertz CT molecular complexity index is 1400. The molecule has 0 amide bonds. The van der Waals surface area contributed by atoms with Crippen molar-refractivity contribution in [2.75, 3.05) is 24.7 Å². The first-order valence-electron chi connectivity index (χ1n) is 12.8. The third-order valence-corrected chi connectivity index (χ3v) is 8.03. The average molecular weight is 682 g/mol. The molecule has 0 saturated heterocycles. The van der Waals surface area contributed by atoms with E-state index in [1.54, 1.807) is 6.92 Å². The van der Waals surface area contributed by atoms with E-state index in [0.717, 1.165) is 24.3 Å². The molecule has 44 heavy (non-hydrogen) atoms. The molecule has 2 aromatic carbocycles. The van der Waals surface area contributed by atoms with Gasteiger partial charge < -0.3 is 14.7 Å². The van der Waals surface area contributed by atoms with Gasteiger partial charge in [0.15, 0.2) is 11.8 Å². The number of nitrogens with zero attached hydrogens (tertiary/aromatic N) is 2. The lowest BCUT2D eigenvalue weighted by atomic mass is 10.1. The fourth-order valence-electron chi connectivity index (χ4n) is 3.43. The summed E-state index contributed by atoms with van der Waals surface area (Å²) in [5.41, 5.74) is -2.17. The highest BCUT2D eigenvalue weighted by Crippen LogP contribution is 2.38. The largest absolute Gasteiger partial charge is 0.493 e. The number of halogens is 6. The van der Waals surface area contributed by atoms with Crippen molar-refractivity contribution in [2.24, 2.45) is 11.0 Å². The van der Waals surface area contributed by atoms with Crippen LogP contribution in [0.5, 0.6) is 11.5 Å². The van der Waals surface area contributed by atoms with E-state index in [9.17, 15) is 43.2 Å². The number of alkyl halides is 6. The maximum absolute atomic E-state index is 13.6. The summed E-state index contributed by atoms with van der Waals surface area (Å²) < 4.78 is 141. The fourth-order valence-corrected chi connectivity index (χ4v) is 5.24. The Morgan fingerprint density at radius 2 is 1.32 bits per heavy atom. The van der Waals surface area contributed by atoms with Crippen LogP contribution in [0.15, 0.2) is 53.7 Å². The Hall–Kier alpha value is -3.13. The van der Waals surface area contributed by atoms with Crippen LogP contribution in [0.1, 0.15) is 50.3 Å². The third-order valence-electron chi connectivity index (χ3n) is 5.33. The summed E-state index contributed by atoms with van der Waals surface area (Å²) in [4.78, 5) is 0. The van der Waals surface area contributed by atoms with E-state index in [2.05, 4.69) is 5.16 Å². The summed E-state index contributed by atoms with van der Waals surface area (Å²) in [5.74, 6) is 5.18. The maximum atomic E-state index is 13.6. The smallest absolute Gasteiger partial charge is 0.437 e. The number of hydrogen-bond donors (Lipinski definition) is 3. The first-order chi connectivity index (χ1) is 20.3. The molecule has 0 aliphatic heterocycles. The zero-order chi connectivity index (χ0) is 33.8. The number of ether oxygens (including phenoxy) is 2. The van der Waals surface area contributed by atoms with Crippen LogP contribution in [0.4, 0.5) is 26.3 Å². The van der Waals surface area contributed by atoms with Gasteiger partial charge in [0.25, 0.3) is 10.1 Å². The monoisotopic (exact) mass is 681 g/mol. The summed E-state index contributed by atoms with van der Waals surface area (Å²) in [7, 11) is -8.00. The molecule has 0 aromatic heterocycles. The van der Waals surface area contributed by atoms with Crippen LogP contribution in [-0.4, -0.2) is 73.8 Å². The minimum atomic E-state index is -4.95. The molecule has 0 heterocycles. The second-order valence-corrected chi connectivity index (χ2v) is 12.5. The van der Waals surface area contributed by atoms with E-state index in [1.807, 2.05) is 0 Å². The summed E-state index contributed by atoms with van der Waals surface area (Å²) in [6.07, 6.45) is -8.88. The zero-order valence-electron chi connectivity index (χ0n) is 23.5. The maximum Gasteiger partial charge on any atom is 0.437 e. The number of hydrogen-bond acceptors (Lipinski definition) is 9. The van der Waals surface area contributed by atoms with Crippen molar-refractivity contribution < 1.29 is 62.4 Å². The van der Waals surface area contributed by atoms with E-state index < -0.39 is 50.0 Å². The molecule has 19 heteroatoms. The number of benzene rings is 2. The quantitative estimate of drug-likeness (QED) is 0.0468. The summed E-state index contributed by atoms with van der Waals surface area (Å²) >= 11 is 0. The minimum Gasteiger partial charge on any atom is -0.493 e. The van der Waals surface area contributed by atoms with E-state index in [0.29, 0.717) is 12.8 Å². The fraction of sp³-hybridized carbons (Fsp3) is 0.480. The van der Waals surface area contributed by atoms with Gasteiger partial charge in [-0.1, -0.05) is 31.1 Å². The van der Waals surface area contributed by atoms with E-state index >= 15 is 0 Å². The Labute approximate surface area is 251 Å². The highest BCUT2D eigenvalue weighted by molar-refractivity contribution is 7.89. The molecular weight excluding hydrogens is 648 g/mol. The zero-order valence-corrected chi connectivity index (χ0v) is 25.2. The van der Waals surface area contributed by atoms with Crippen molar-refractivity contribution in [2.45, 2.75) is 51.5 Å². The highest BCUT2D eigenvalue weighted by atomic mass is 32.2. The number of oxime groups is 1. The van der Waals surface area contributed by atoms with E-state index in [-0.39, 0.29) is 52.4 Å². The lowest BCUT2D eigenvalue weighted by molar-refractivity contribution is -0.174. The molecule has 1 atom stereocenters. The molecule has 0 aliphatic carbocycles. The highest BCUT2D eigenvalue weighted by Gasteiger charge is 2.47. The SMILES string of the molecule is CCCS(=O)(=O)N(N)C(c1ccc(OCCCOc2ccc(C(=NO)C(F)(F)F)cc2)cc1)C(F)(F)F.CCCS(=O)(=O)O. The lowest BCUT2D eigenvalue weighted by Gasteiger charge is -2.29. The molecule has 0 aliphatic rings. The number of sulfonamides is 1. The van der Waals surface area contributed by atoms with E-state index in [1.165, 1.54) is 31.2 Å². The van der Waals surface area contributed by atoms with Gasteiger partial charge >= 0.3 is 12.4 Å². The molecule has 0 saturated carbocycles. The van der Waals surface area contributed by atoms with Crippen molar-refractivity contribution in [3.63, 3.8) is 0 Å². The molecule has 250 valence electrons. The first kappa shape index (κ1) is 38.9. The second kappa shape index (κ2) is 16.8. The number of rotatable bonds is 14. The van der Waals surface area contributed by atoms with Crippen molar-refractivity contribution in [3.8, 4) is 11.5 Å². The normalized spacial score (nSPS) is 13.7. The van der Waals surface area contributed by atoms with Gasteiger partial charge in [0, 0.05) is 12.0 Å². The summed E-state index contributed by atoms with van der Waals surface area (Å²) in [5, 5.41) is 10.8. The van der Waals surface area contributed by atoms with Gasteiger partial charge in [-0.2, -0.15) is 34.8 Å². The van der Waals surface area contributed by atoms with Crippen molar-refractivity contribution in [1.82, 2.24) is 4.41 Å². The second-order valence-electron chi connectivity index (χ2n) is 8.97. The van der Waals surface area contributed by atoms with Crippen LogP contribution in [0, 0.1) is 0 Å². The molecule has 0 bridgehead atoms. The molecule has 11 nitrogen and oxygen atoms in total. The van der Waals surface area contributed by atoms with E-state index in [4.69, 9.17) is 25.1 Å². The minimum absolute atomic E-state index is 0.0972. The first-order valence-corrected chi connectivity index (χ1v) is 16.0. The molecule has 0 fully saturated rings. The van der Waals surface area contributed by atoms with Gasteiger partial charge in [0.05, 0.1) is 24.7 Å². The van der Waals surface area contributed by atoms with Crippen LogP contribution in [0.2, 0.25) is 0 Å². The van der Waals surface area contributed by atoms with Crippen molar-refractivity contribution >= 4 is 25.9 Å². The van der Waals surface area contributed by atoms with Gasteiger partial charge in [-0.05, 0) is 54.8 Å². The molecule has 2 rings (SSSR count). The summed E-state index contributed by atoms with van der Waals surface area (Å²) in [6.45, 7) is 3.41. The number of nitrogens with two attached hydrogens (primary N) is 1. The predicted octanol–water partition coefficient (Wildman–Crippen LogP) is 5.08. The molecule has 4 N–H and O–H groups in total.